The zero-order chi connectivity index (χ0) is 19.8. The van der Waals surface area contributed by atoms with Crippen LogP contribution in [0.15, 0.2) is 36.9 Å². The number of carbonyl (C=O) groups excluding carboxylic acids is 1. The van der Waals surface area contributed by atoms with Gasteiger partial charge in [-0.3, -0.25) is 14.3 Å². The lowest BCUT2D eigenvalue weighted by Crippen LogP contribution is -2.42. The van der Waals surface area contributed by atoms with E-state index in [1.54, 1.807) is 30.9 Å². The third-order valence-corrected chi connectivity index (χ3v) is 5.89. The van der Waals surface area contributed by atoms with Gasteiger partial charge in [0.25, 0.3) is 0 Å². The maximum absolute atomic E-state index is 12.6. The Kier molecular flexibility index (Phi) is 4.54. The number of nitrogens with zero attached hydrogens (tertiary/aromatic N) is 7. The Hall–Kier alpha value is -3.16. The molecule has 0 spiro atoms. The van der Waals surface area contributed by atoms with Crippen LogP contribution in [0.3, 0.4) is 0 Å². The van der Waals surface area contributed by atoms with Gasteiger partial charge in [0.15, 0.2) is 17.4 Å². The van der Waals surface area contributed by atoms with E-state index in [4.69, 9.17) is 4.98 Å². The molecule has 0 amide bonds. The number of pyridine rings is 1. The smallest absolute Gasteiger partial charge is 0.188 e. The quantitative estimate of drug-likeness (QED) is 0.619. The second-order valence-corrected chi connectivity index (χ2v) is 7.64. The Bertz CT molecular complexity index is 1030. The van der Waals surface area contributed by atoms with Crippen LogP contribution in [0.5, 0.6) is 0 Å². The van der Waals surface area contributed by atoms with E-state index in [1.165, 1.54) is 12.8 Å². The zero-order valence-electron chi connectivity index (χ0n) is 16.4. The summed E-state index contributed by atoms with van der Waals surface area (Å²) in [7, 11) is 0. The van der Waals surface area contributed by atoms with Crippen LogP contribution < -0.4 is 4.90 Å². The number of hydrogen-bond acceptors (Lipinski definition) is 7. The van der Waals surface area contributed by atoms with Gasteiger partial charge in [0, 0.05) is 12.2 Å². The Balaban J connectivity index is 1.55. The number of rotatable bonds is 5. The minimum atomic E-state index is -0.0780. The van der Waals surface area contributed by atoms with Crippen LogP contribution >= 0.6 is 0 Å². The van der Waals surface area contributed by atoms with Gasteiger partial charge in [-0.2, -0.15) is 0 Å². The Morgan fingerprint density at radius 2 is 2.07 bits per heavy atom. The molecule has 0 bridgehead atoms. The van der Waals surface area contributed by atoms with Crippen molar-refractivity contribution < 1.29 is 4.79 Å². The monoisotopic (exact) mass is 389 g/mol. The van der Waals surface area contributed by atoms with E-state index in [2.05, 4.69) is 32.0 Å². The van der Waals surface area contributed by atoms with Gasteiger partial charge < -0.3 is 4.90 Å². The van der Waals surface area contributed by atoms with Crippen molar-refractivity contribution >= 4 is 11.6 Å². The summed E-state index contributed by atoms with van der Waals surface area (Å²) in [5.74, 6) is 2.27. The molecular weight excluding hydrogens is 366 g/mol. The molecule has 0 unspecified atom stereocenters. The standard InChI is InChI=1S/C21H23N7O/c1-2-16-21-26-24-13-27(21)17-12-23-19(11-18(29)15-9-5-6-10-22-15)25-20(17)28(16)14-7-3-4-8-14/h5-6,9-10,12-14,16H,2-4,7-8,11H2,1H3/t16-/m1/s1. The molecule has 1 saturated carbocycles. The van der Waals surface area contributed by atoms with Crippen LogP contribution in [-0.4, -0.2) is 41.5 Å². The fraction of sp³-hybridized carbons (Fsp3) is 0.429. The lowest BCUT2D eigenvalue weighted by molar-refractivity contribution is 0.0986. The van der Waals surface area contributed by atoms with E-state index in [0.29, 0.717) is 17.6 Å². The number of carbonyl (C=O) groups is 1. The first kappa shape index (κ1) is 17.9. The summed E-state index contributed by atoms with van der Waals surface area (Å²) in [6.45, 7) is 2.17. The molecule has 2 aliphatic rings. The van der Waals surface area contributed by atoms with E-state index < -0.39 is 0 Å². The van der Waals surface area contributed by atoms with E-state index in [1.807, 2.05) is 10.6 Å². The molecule has 5 rings (SSSR count). The van der Waals surface area contributed by atoms with Gasteiger partial charge >= 0.3 is 0 Å². The summed E-state index contributed by atoms with van der Waals surface area (Å²) in [4.78, 5) is 28.5. The predicted molar refractivity (Wildman–Crippen MR) is 107 cm³/mol. The van der Waals surface area contributed by atoms with E-state index >= 15 is 0 Å². The molecule has 148 valence electrons. The fourth-order valence-corrected chi connectivity index (χ4v) is 4.53. The third-order valence-electron chi connectivity index (χ3n) is 5.89. The molecule has 1 fully saturated rings. The topological polar surface area (TPSA) is 89.7 Å². The Morgan fingerprint density at radius 3 is 2.83 bits per heavy atom. The summed E-state index contributed by atoms with van der Waals surface area (Å²) in [5.41, 5.74) is 1.32. The molecule has 8 heteroatoms. The van der Waals surface area contributed by atoms with Crippen LogP contribution in [0.25, 0.3) is 5.69 Å². The SMILES string of the molecule is CC[C@@H]1c2nncn2-c2cnc(CC(=O)c3ccccn3)nc2N1C1CCCC1. The minimum absolute atomic E-state index is 0.0780. The number of ketones is 1. The fourth-order valence-electron chi connectivity index (χ4n) is 4.53. The summed E-state index contributed by atoms with van der Waals surface area (Å²) in [5, 5.41) is 8.53. The summed E-state index contributed by atoms with van der Waals surface area (Å²) < 4.78 is 1.99. The highest BCUT2D eigenvalue weighted by molar-refractivity contribution is 5.95. The molecule has 0 N–H and O–H groups in total. The second kappa shape index (κ2) is 7.35. The molecule has 29 heavy (non-hydrogen) atoms. The van der Waals surface area contributed by atoms with E-state index in [9.17, 15) is 4.79 Å². The van der Waals surface area contributed by atoms with Crippen LogP contribution in [0.4, 0.5) is 5.82 Å². The van der Waals surface area contributed by atoms with Crippen molar-refractivity contribution in [3.63, 3.8) is 0 Å². The molecule has 0 saturated heterocycles. The highest BCUT2D eigenvalue weighted by atomic mass is 16.1. The van der Waals surface area contributed by atoms with Crippen molar-refractivity contribution in [3.8, 4) is 5.69 Å². The highest BCUT2D eigenvalue weighted by Crippen LogP contribution is 2.42. The van der Waals surface area contributed by atoms with Crippen molar-refractivity contribution in [1.29, 1.82) is 0 Å². The van der Waals surface area contributed by atoms with E-state index in [0.717, 1.165) is 36.6 Å². The van der Waals surface area contributed by atoms with Gasteiger partial charge in [0.1, 0.15) is 23.5 Å². The summed E-state index contributed by atoms with van der Waals surface area (Å²) in [6, 6.07) is 5.89. The average Bonchev–Trinajstić information content (AvgIpc) is 3.45. The average molecular weight is 389 g/mol. The van der Waals surface area contributed by atoms with Crippen molar-refractivity contribution in [3.05, 3.63) is 54.3 Å². The predicted octanol–water partition coefficient (Wildman–Crippen LogP) is 3.09. The van der Waals surface area contributed by atoms with Crippen LogP contribution in [0.2, 0.25) is 0 Å². The summed E-state index contributed by atoms with van der Waals surface area (Å²) >= 11 is 0. The minimum Gasteiger partial charge on any atom is -0.342 e. The Labute approximate surface area is 169 Å². The first-order valence-corrected chi connectivity index (χ1v) is 10.2. The highest BCUT2D eigenvalue weighted by Gasteiger charge is 2.38. The molecular formula is C21H23N7O. The molecule has 0 aromatic carbocycles. The molecule has 4 heterocycles. The third kappa shape index (κ3) is 3.08. The van der Waals surface area contributed by atoms with Crippen LogP contribution in [-0.2, 0) is 6.42 Å². The largest absolute Gasteiger partial charge is 0.342 e. The van der Waals surface area contributed by atoms with Crippen LogP contribution in [0.1, 0.15) is 67.2 Å². The van der Waals surface area contributed by atoms with Gasteiger partial charge in [0.05, 0.1) is 18.7 Å². The number of hydrogen-bond donors (Lipinski definition) is 0. The molecule has 1 aliphatic heterocycles. The lowest BCUT2D eigenvalue weighted by atomic mass is 10.0. The first-order valence-electron chi connectivity index (χ1n) is 10.2. The van der Waals surface area contributed by atoms with Crippen molar-refractivity contribution in [2.75, 3.05) is 4.90 Å². The number of fused-ring (bicyclic) bond motifs is 3. The lowest BCUT2D eigenvalue weighted by Gasteiger charge is -2.40. The Morgan fingerprint density at radius 1 is 1.21 bits per heavy atom. The van der Waals surface area contributed by atoms with E-state index in [-0.39, 0.29) is 18.2 Å². The van der Waals surface area contributed by atoms with Crippen molar-refractivity contribution in [2.24, 2.45) is 0 Å². The molecule has 3 aromatic heterocycles. The maximum atomic E-state index is 12.6. The van der Waals surface area contributed by atoms with Crippen molar-refractivity contribution in [1.82, 2.24) is 29.7 Å². The number of aromatic nitrogens is 6. The molecule has 0 radical (unpaired) electrons. The molecule has 3 aromatic rings. The van der Waals surface area contributed by atoms with Gasteiger partial charge in [-0.05, 0) is 31.4 Å². The number of Topliss-reactive ketones (excluding diaryl/α,β-unsaturated/α-hetero) is 1. The first-order chi connectivity index (χ1) is 14.3. The van der Waals surface area contributed by atoms with Crippen LogP contribution in [0, 0.1) is 0 Å². The van der Waals surface area contributed by atoms with Gasteiger partial charge in [-0.15, -0.1) is 10.2 Å². The van der Waals surface area contributed by atoms with Gasteiger partial charge in [-0.1, -0.05) is 25.8 Å². The summed E-state index contributed by atoms with van der Waals surface area (Å²) in [6.07, 6.45) is 11.0. The van der Waals surface area contributed by atoms with Crippen molar-refractivity contribution in [2.45, 2.75) is 57.5 Å². The zero-order valence-corrected chi connectivity index (χ0v) is 16.4. The molecule has 1 aliphatic carbocycles. The van der Waals surface area contributed by atoms with Gasteiger partial charge in [0.2, 0.25) is 0 Å². The second-order valence-electron chi connectivity index (χ2n) is 7.64. The van der Waals surface area contributed by atoms with Gasteiger partial charge in [-0.25, -0.2) is 9.97 Å². The molecule has 8 nitrogen and oxygen atoms in total. The molecule has 1 atom stereocenters. The maximum Gasteiger partial charge on any atom is 0.188 e. The number of anilines is 1. The normalized spacial score (nSPS) is 18.5.